The minimum Gasteiger partial charge on any atom is -0.355 e. The van der Waals surface area contributed by atoms with Crippen molar-refractivity contribution in [3.8, 4) is 0 Å². The third kappa shape index (κ3) is 3.13. The van der Waals surface area contributed by atoms with Crippen LogP contribution in [0.15, 0.2) is 29.1 Å². The lowest BCUT2D eigenvalue weighted by molar-refractivity contribution is -0.121. The number of benzene rings is 1. The summed E-state index contributed by atoms with van der Waals surface area (Å²) in [6.07, 6.45) is 0. The molecule has 2 rings (SSSR count). The van der Waals surface area contributed by atoms with E-state index >= 15 is 0 Å². The van der Waals surface area contributed by atoms with Crippen LogP contribution in [0, 0.1) is 0 Å². The molecule has 2 N–H and O–H groups in total. The number of aromatic amines is 1. The van der Waals surface area contributed by atoms with Gasteiger partial charge in [-0.05, 0) is 19.9 Å². The van der Waals surface area contributed by atoms with Gasteiger partial charge in [0.05, 0.1) is 11.9 Å². The number of aromatic nitrogens is 2. The van der Waals surface area contributed by atoms with Gasteiger partial charge in [0.25, 0.3) is 11.5 Å². The highest BCUT2D eigenvalue weighted by atomic mass is 16.2. The molecule has 0 saturated carbocycles. The zero-order valence-electron chi connectivity index (χ0n) is 12.5. The molecule has 7 heteroatoms. The molecule has 0 bridgehead atoms. The van der Waals surface area contributed by atoms with E-state index in [-0.39, 0.29) is 29.6 Å². The highest BCUT2D eigenvalue weighted by Gasteiger charge is 2.21. The topological polar surface area (TPSA) is 95.2 Å². The molecule has 7 nitrogen and oxygen atoms in total. The molecule has 0 aliphatic rings. The number of rotatable bonds is 5. The van der Waals surface area contributed by atoms with Gasteiger partial charge in [-0.15, -0.1) is 0 Å². The molecule has 116 valence electrons. The number of H-pyrrole nitrogens is 1. The predicted octanol–water partition coefficient (Wildman–Crippen LogP) is 0.521. The summed E-state index contributed by atoms with van der Waals surface area (Å²) in [5.74, 6) is -0.618. The molecule has 2 aromatic rings. The van der Waals surface area contributed by atoms with Gasteiger partial charge in [0.2, 0.25) is 5.91 Å². The van der Waals surface area contributed by atoms with E-state index in [1.165, 1.54) is 4.90 Å². The van der Waals surface area contributed by atoms with Gasteiger partial charge in [-0.2, -0.15) is 5.10 Å². The lowest BCUT2D eigenvalue weighted by Crippen LogP contribution is -2.41. The standard InChI is InChI=1S/C15H18N4O3/c1-3-16-12(20)9-19(4-2)15(22)13-10-7-5-6-8-11(10)14(21)18-17-13/h5-8H,3-4,9H2,1-2H3,(H,16,20)(H,18,21). The molecule has 0 radical (unpaired) electrons. The first-order chi connectivity index (χ1) is 10.6. The molecule has 0 aliphatic heterocycles. The number of amides is 2. The van der Waals surface area contributed by atoms with E-state index in [1.807, 2.05) is 6.92 Å². The molecule has 1 heterocycles. The quantitative estimate of drug-likeness (QED) is 0.842. The van der Waals surface area contributed by atoms with Crippen LogP contribution in [0.4, 0.5) is 0 Å². The molecule has 1 aromatic heterocycles. The van der Waals surface area contributed by atoms with E-state index in [4.69, 9.17) is 0 Å². The zero-order chi connectivity index (χ0) is 16.1. The molecule has 22 heavy (non-hydrogen) atoms. The molecule has 2 amide bonds. The number of carbonyl (C=O) groups excluding carboxylic acids is 2. The third-order valence-corrected chi connectivity index (χ3v) is 3.28. The molecule has 0 saturated heterocycles. The van der Waals surface area contributed by atoms with Crippen LogP contribution in [0.1, 0.15) is 24.3 Å². The molecule has 0 atom stereocenters. The van der Waals surface area contributed by atoms with Gasteiger partial charge < -0.3 is 10.2 Å². The van der Waals surface area contributed by atoms with Crippen LogP contribution in [0.5, 0.6) is 0 Å². The average molecular weight is 302 g/mol. The van der Waals surface area contributed by atoms with Gasteiger partial charge >= 0.3 is 0 Å². The summed E-state index contributed by atoms with van der Waals surface area (Å²) in [5.41, 5.74) is -0.208. The number of nitrogens with one attached hydrogen (secondary N) is 2. The Morgan fingerprint density at radius 3 is 2.55 bits per heavy atom. The molecule has 0 aliphatic carbocycles. The van der Waals surface area contributed by atoms with Gasteiger partial charge in [-0.1, -0.05) is 18.2 Å². The van der Waals surface area contributed by atoms with Gasteiger partial charge in [0.1, 0.15) is 0 Å². The monoisotopic (exact) mass is 302 g/mol. The Morgan fingerprint density at radius 2 is 1.91 bits per heavy atom. The van der Waals surface area contributed by atoms with Crippen molar-refractivity contribution in [1.82, 2.24) is 20.4 Å². The number of hydrogen-bond donors (Lipinski definition) is 2. The SMILES string of the molecule is CCNC(=O)CN(CC)C(=O)c1n[nH]c(=O)c2ccccc12. The van der Waals surface area contributed by atoms with Crippen molar-refractivity contribution in [2.45, 2.75) is 13.8 Å². The summed E-state index contributed by atoms with van der Waals surface area (Å²) in [7, 11) is 0. The summed E-state index contributed by atoms with van der Waals surface area (Å²) >= 11 is 0. The van der Waals surface area contributed by atoms with Gasteiger partial charge in [0.15, 0.2) is 5.69 Å². The van der Waals surface area contributed by atoms with Crippen molar-refractivity contribution in [2.24, 2.45) is 0 Å². The number of fused-ring (bicyclic) bond motifs is 1. The van der Waals surface area contributed by atoms with Crippen molar-refractivity contribution in [1.29, 1.82) is 0 Å². The summed E-state index contributed by atoms with van der Waals surface area (Å²) in [4.78, 5) is 37.4. The van der Waals surface area contributed by atoms with Crippen molar-refractivity contribution in [2.75, 3.05) is 19.6 Å². The second-order valence-corrected chi connectivity index (χ2v) is 4.72. The molecular weight excluding hydrogens is 284 g/mol. The lowest BCUT2D eigenvalue weighted by Gasteiger charge is -2.20. The highest BCUT2D eigenvalue weighted by molar-refractivity contribution is 6.05. The van der Waals surface area contributed by atoms with Crippen LogP contribution in [0.25, 0.3) is 10.8 Å². The smallest absolute Gasteiger partial charge is 0.275 e. The van der Waals surface area contributed by atoms with E-state index in [0.717, 1.165) is 0 Å². The van der Waals surface area contributed by atoms with Crippen molar-refractivity contribution in [3.63, 3.8) is 0 Å². The average Bonchev–Trinajstić information content (AvgIpc) is 2.53. The Bertz CT molecular complexity index is 754. The zero-order valence-corrected chi connectivity index (χ0v) is 12.5. The Balaban J connectivity index is 2.38. The van der Waals surface area contributed by atoms with E-state index < -0.39 is 0 Å². The van der Waals surface area contributed by atoms with E-state index in [1.54, 1.807) is 31.2 Å². The maximum atomic E-state index is 12.6. The Hall–Kier alpha value is -2.70. The third-order valence-electron chi connectivity index (χ3n) is 3.28. The molecule has 0 fully saturated rings. The fourth-order valence-corrected chi connectivity index (χ4v) is 2.18. The van der Waals surface area contributed by atoms with Gasteiger partial charge in [0, 0.05) is 18.5 Å². The van der Waals surface area contributed by atoms with E-state index in [0.29, 0.717) is 23.9 Å². The fourth-order valence-electron chi connectivity index (χ4n) is 2.18. The lowest BCUT2D eigenvalue weighted by atomic mass is 10.1. The second kappa shape index (κ2) is 6.84. The normalized spacial score (nSPS) is 10.5. The molecule has 0 spiro atoms. The first-order valence-corrected chi connectivity index (χ1v) is 7.11. The van der Waals surface area contributed by atoms with Gasteiger partial charge in [-0.3, -0.25) is 14.4 Å². The highest BCUT2D eigenvalue weighted by Crippen LogP contribution is 2.14. The van der Waals surface area contributed by atoms with Crippen molar-refractivity contribution < 1.29 is 9.59 Å². The summed E-state index contributed by atoms with van der Waals surface area (Å²) in [5, 5.41) is 9.72. The predicted molar refractivity (Wildman–Crippen MR) is 82.6 cm³/mol. The number of carbonyl (C=O) groups is 2. The Morgan fingerprint density at radius 1 is 1.23 bits per heavy atom. The maximum Gasteiger partial charge on any atom is 0.275 e. The van der Waals surface area contributed by atoms with Crippen LogP contribution in [-0.2, 0) is 4.79 Å². The summed E-state index contributed by atoms with van der Waals surface area (Å²) in [6.45, 7) is 4.42. The summed E-state index contributed by atoms with van der Waals surface area (Å²) in [6, 6.07) is 6.76. The molecule has 0 unspecified atom stereocenters. The Kier molecular flexibility index (Phi) is 4.88. The van der Waals surface area contributed by atoms with Gasteiger partial charge in [-0.25, -0.2) is 5.10 Å². The first-order valence-electron chi connectivity index (χ1n) is 7.11. The number of likely N-dealkylation sites (N-methyl/N-ethyl adjacent to an activating group) is 2. The molecular formula is C15H18N4O3. The minimum atomic E-state index is -0.388. The van der Waals surface area contributed by atoms with Crippen LogP contribution in [-0.4, -0.2) is 46.5 Å². The van der Waals surface area contributed by atoms with Crippen LogP contribution < -0.4 is 10.9 Å². The number of nitrogens with zero attached hydrogens (tertiary/aromatic N) is 2. The van der Waals surface area contributed by atoms with Crippen LogP contribution in [0.3, 0.4) is 0 Å². The van der Waals surface area contributed by atoms with E-state index in [9.17, 15) is 14.4 Å². The number of hydrogen-bond acceptors (Lipinski definition) is 4. The second-order valence-electron chi connectivity index (χ2n) is 4.72. The minimum absolute atomic E-state index is 0.0433. The maximum absolute atomic E-state index is 12.6. The Labute approximate surface area is 127 Å². The van der Waals surface area contributed by atoms with Crippen molar-refractivity contribution >= 4 is 22.6 Å². The van der Waals surface area contributed by atoms with Crippen LogP contribution >= 0.6 is 0 Å². The first kappa shape index (κ1) is 15.7. The summed E-state index contributed by atoms with van der Waals surface area (Å²) < 4.78 is 0. The molecule has 1 aromatic carbocycles. The van der Waals surface area contributed by atoms with Crippen molar-refractivity contribution in [3.05, 3.63) is 40.3 Å². The fraction of sp³-hybridized carbons (Fsp3) is 0.333. The largest absolute Gasteiger partial charge is 0.355 e. The van der Waals surface area contributed by atoms with Crippen LogP contribution in [0.2, 0.25) is 0 Å². The van der Waals surface area contributed by atoms with E-state index in [2.05, 4.69) is 15.5 Å².